The number of rotatable bonds is 6. The largest absolute Gasteiger partial charge is 0.357 e. The monoisotopic (exact) mass is 503 g/mol. The summed E-state index contributed by atoms with van der Waals surface area (Å²) in [6, 6.07) is 8.03. The van der Waals surface area contributed by atoms with Gasteiger partial charge in [-0.3, -0.25) is 4.68 Å². The highest BCUT2D eigenvalue weighted by molar-refractivity contribution is 14.0. The Morgan fingerprint density at radius 1 is 1.26 bits per heavy atom. The molecule has 0 amide bonds. The van der Waals surface area contributed by atoms with Crippen molar-refractivity contribution in [2.24, 2.45) is 12.0 Å². The number of aliphatic imine (C=N–C) groups is 1. The highest BCUT2D eigenvalue weighted by atomic mass is 127. The Labute approximate surface area is 185 Å². The molecule has 0 aliphatic rings. The Balaban J connectivity index is 0.00000364. The van der Waals surface area contributed by atoms with Crippen LogP contribution >= 0.6 is 35.6 Å². The molecule has 0 aliphatic heterocycles. The Morgan fingerprint density at radius 3 is 2.52 bits per heavy atom. The molecule has 7 heteroatoms. The van der Waals surface area contributed by atoms with E-state index in [0.29, 0.717) is 6.54 Å². The van der Waals surface area contributed by atoms with E-state index in [-0.39, 0.29) is 29.4 Å². The van der Waals surface area contributed by atoms with Crippen molar-refractivity contribution in [2.75, 3.05) is 13.1 Å². The average molecular weight is 504 g/mol. The van der Waals surface area contributed by atoms with Gasteiger partial charge in [0.25, 0.3) is 0 Å². The van der Waals surface area contributed by atoms with Gasteiger partial charge in [-0.25, -0.2) is 4.99 Å². The van der Waals surface area contributed by atoms with E-state index in [1.54, 1.807) is 0 Å². The predicted octanol–water partition coefficient (Wildman–Crippen LogP) is 4.34. The van der Waals surface area contributed by atoms with Gasteiger partial charge in [0, 0.05) is 41.8 Å². The van der Waals surface area contributed by atoms with E-state index in [1.807, 2.05) is 36.9 Å². The third kappa shape index (κ3) is 6.38. The minimum absolute atomic E-state index is 0. The Bertz CT molecular complexity index is 783. The second kappa shape index (κ2) is 10.3. The first-order valence-corrected chi connectivity index (χ1v) is 9.39. The van der Waals surface area contributed by atoms with Crippen LogP contribution in [0.4, 0.5) is 0 Å². The van der Waals surface area contributed by atoms with Crippen LogP contribution in [-0.2, 0) is 19.0 Å². The number of guanidine groups is 1. The lowest BCUT2D eigenvalue weighted by Gasteiger charge is -2.27. The molecule has 1 aromatic carbocycles. The van der Waals surface area contributed by atoms with E-state index in [4.69, 9.17) is 16.6 Å². The van der Waals surface area contributed by atoms with Crippen LogP contribution in [0.1, 0.15) is 43.3 Å². The van der Waals surface area contributed by atoms with Gasteiger partial charge in [-0.2, -0.15) is 5.10 Å². The molecule has 0 saturated heterocycles. The molecule has 0 saturated carbocycles. The molecule has 0 radical (unpaired) electrons. The SMILES string of the molecule is CCNC(=NCc1c(C)nn(C)c1C)NCC(C)(C)c1cccc(Cl)c1.I. The van der Waals surface area contributed by atoms with Gasteiger partial charge < -0.3 is 10.6 Å². The maximum atomic E-state index is 6.15. The third-order valence-electron chi connectivity index (χ3n) is 4.70. The van der Waals surface area contributed by atoms with E-state index in [1.165, 1.54) is 11.1 Å². The van der Waals surface area contributed by atoms with Gasteiger partial charge in [-0.1, -0.05) is 37.6 Å². The summed E-state index contributed by atoms with van der Waals surface area (Å²) in [6.07, 6.45) is 0. The van der Waals surface area contributed by atoms with Crippen LogP contribution in [0, 0.1) is 13.8 Å². The molecule has 2 rings (SSSR count). The number of aromatic nitrogens is 2. The zero-order chi connectivity index (χ0) is 19.3. The zero-order valence-corrected chi connectivity index (χ0v) is 20.1. The zero-order valence-electron chi connectivity index (χ0n) is 17.1. The average Bonchev–Trinajstić information content (AvgIpc) is 2.83. The Kier molecular flexibility index (Phi) is 9.08. The van der Waals surface area contributed by atoms with Crippen LogP contribution in [-0.4, -0.2) is 28.8 Å². The number of hydrogen-bond acceptors (Lipinski definition) is 2. The fourth-order valence-electron chi connectivity index (χ4n) is 2.86. The van der Waals surface area contributed by atoms with Crippen molar-refractivity contribution in [1.82, 2.24) is 20.4 Å². The molecule has 0 aliphatic carbocycles. The first-order chi connectivity index (χ1) is 12.2. The van der Waals surface area contributed by atoms with Crippen molar-refractivity contribution < 1.29 is 0 Å². The van der Waals surface area contributed by atoms with Gasteiger partial charge in [0.2, 0.25) is 0 Å². The summed E-state index contributed by atoms with van der Waals surface area (Å²) in [5, 5.41) is 12.0. The van der Waals surface area contributed by atoms with Gasteiger partial charge in [0.05, 0.1) is 12.2 Å². The van der Waals surface area contributed by atoms with Gasteiger partial charge in [-0.05, 0) is 38.5 Å². The molecule has 1 heterocycles. The molecular weight excluding hydrogens is 473 g/mol. The first-order valence-electron chi connectivity index (χ1n) is 9.02. The molecule has 0 fully saturated rings. The third-order valence-corrected chi connectivity index (χ3v) is 4.94. The highest BCUT2D eigenvalue weighted by Crippen LogP contribution is 2.24. The summed E-state index contributed by atoms with van der Waals surface area (Å²) in [5.41, 5.74) is 4.50. The number of benzene rings is 1. The maximum absolute atomic E-state index is 6.15. The standard InChI is InChI=1S/C20H30ClN5.HI/c1-7-22-19(23-12-18-14(2)25-26(6)15(18)3)24-13-20(4,5)16-9-8-10-17(21)11-16;/h8-11H,7,12-13H2,1-6H3,(H2,22,23,24);1H. The lowest BCUT2D eigenvalue weighted by molar-refractivity contribution is 0.508. The van der Waals surface area contributed by atoms with Gasteiger partial charge in [0.15, 0.2) is 5.96 Å². The van der Waals surface area contributed by atoms with Gasteiger partial charge in [-0.15, -0.1) is 24.0 Å². The van der Waals surface area contributed by atoms with Gasteiger partial charge in [0.1, 0.15) is 0 Å². The molecule has 0 unspecified atom stereocenters. The summed E-state index contributed by atoms with van der Waals surface area (Å²) in [7, 11) is 1.96. The minimum Gasteiger partial charge on any atom is -0.357 e. The normalized spacial score (nSPS) is 11.9. The summed E-state index contributed by atoms with van der Waals surface area (Å²) >= 11 is 6.15. The molecule has 2 N–H and O–H groups in total. The molecule has 0 spiro atoms. The molecule has 27 heavy (non-hydrogen) atoms. The van der Waals surface area contributed by atoms with Crippen LogP contribution < -0.4 is 10.6 Å². The Morgan fingerprint density at radius 2 is 1.96 bits per heavy atom. The topological polar surface area (TPSA) is 54.2 Å². The first kappa shape index (κ1) is 23.8. The van der Waals surface area contributed by atoms with E-state index < -0.39 is 0 Å². The number of halogens is 2. The summed E-state index contributed by atoms with van der Waals surface area (Å²) in [6.45, 7) is 12.8. The van der Waals surface area contributed by atoms with Crippen molar-refractivity contribution in [3.05, 3.63) is 51.8 Å². The van der Waals surface area contributed by atoms with Crippen molar-refractivity contribution in [1.29, 1.82) is 0 Å². The fraction of sp³-hybridized carbons (Fsp3) is 0.500. The second-order valence-electron chi connectivity index (χ2n) is 7.22. The van der Waals surface area contributed by atoms with Gasteiger partial charge >= 0.3 is 0 Å². The number of nitrogens with zero attached hydrogens (tertiary/aromatic N) is 3. The van der Waals surface area contributed by atoms with Crippen molar-refractivity contribution >= 4 is 41.5 Å². The molecule has 1 aromatic heterocycles. The number of hydrogen-bond donors (Lipinski definition) is 2. The molecule has 150 valence electrons. The number of nitrogens with one attached hydrogen (secondary N) is 2. The molecular formula is C20H31ClIN5. The minimum atomic E-state index is -0.0682. The molecule has 5 nitrogen and oxygen atoms in total. The van der Waals surface area contributed by atoms with Crippen LogP contribution in [0.3, 0.4) is 0 Å². The summed E-state index contributed by atoms with van der Waals surface area (Å²) < 4.78 is 1.91. The lowest BCUT2D eigenvalue weighted by atomic mass is 9.84. The second-order valence-corrected chi connectivity index (χ2v) is 7.65. The molecule has 2 aromatic rings. The lowest BCUT2D eigenvalue weighted by Crippen LogP contribution is -2.43. The number of aryl methyl sites for hydroxylation is 2. The van der Waals surface area contributed by atoms with Crippen LogP contribution in [0.5, 0.6) is 0 Å². The van der Waals surface area contributed by atoms with E-state index >= 15 is 0 Å². The Hall–Kier alpha value is -1.28. The predicted molar refractivity (Wildman–Crippen MR) is 125 cm³/mol. The summed E-state index contributed by atoms with van der Waals surface area (Å²) in [4.78, 5) is 4.75. The van der Waals surface area contributed by atoms with Crippen LogP contribution in [0.25, 0.3) is 0 Å². The van der Waals surface area contributed by atoms with Crippen LogP contribution in [0.2, 0.25) is 5.02 Å². The molecule has 0 bridgehead atoms. The van der Waals surface area contributed by atoms with Crippen molar-refractivity contribution in [2.45, 2.75) is 46.6 Å². The van der Waals surface area contributed by atoms with Crippen molar-refractivity contribution in [3.63, 3.8) is 0 Å². The molecule has 0 atom stereocenters. The van der Waals surface area contributed by atoms with Crippen LogP contribution in [0.15, 0.2) is 29.3 Å². The highest BCUT2D eigenvalue weighted by Gasteiger charge is 2.21. The van der Waals surface area contributed by atoms with Crippen molar-refractivity contribution in [3.8, 4) is 0 Å². The smallest absolute Gasteiger partial charge is 0.191 e. The fourth-order valence-corrected chi connectivity index (χ4v) is 3.05. The van der Waals surface area contributed by atoms with E-state index in [0.717, 1.165) is 35.5 Å². The quantitative estimate of drug-likeness (QED) is 0.350. The summed E-state index contributed by atoms with van der Waals surface area (Å²) in [5.74, 6) is 0.810. The van der Waals surface area contributed by atoms with E-state index in [9.17, 15) is 0 Å². The van der Waals surface area contributed by atoms with E-state index in [2.05, 4.69) is 49.5 Å². The maximum Gasteiger partial charge on any atom is 0.191 e.